The summed E-state index contributed by atoms with van der Waals surface area (Å²) in [4.78, 5) is 46.6. The average Bonchev–Trinajstić information content (AvgIpc) is 3.81. The van der Waals surface area contributed by atoms with Gasteiger partial charge in [-0.15, -0.1) is 0 Å². The second kappa shape index (κ2) is 14.9. The molecule has 2 heterocycles. The number of hydrogen-bond acceptors (Lipinski definition) is 7. The van der Waals surface area contributed by atoms with Gasteiger partial charge in [-0.25, -0.2) is 13.1 Å². The van der Waals surface area contributed by atoms with Crippen LogP contribution >= 0.6 is 0 Å². The number of nitrogens with one attached hydrogen (secondary N) is 3. The number of likely N-dealkylation sites (N-methyl/N-ethyl adjacent to an activating group) is 1. The number of aryl methyl sites for hydroxylation is 2. The van der Waals surface area contributed by atoms with Crippen LogP contribution in [0, 0.1) is 13.8 Å². The maximum Gasteiger partial charge on any atom is 0.264 e. The van der Waals surface area contributed by atoms with E-state index in [1.807, 2.05) is 68.4 Å². The summed E-state index contributed by atoms with van der Waals surface area (Å²) in [6.45, 7) is 3.78. The van der Waals surface area contributed by atoms with Crippen LogP contribution < -0.4 is 10.0 Å². The van der Waals surface area contributed by atoms with Gasteiger partial charge in [-0.3, -0.25) is 14.4 Å². The molecule has 0 radical (unpaired) electrons. The molecule has 12 heteroatoms. The number of rotatable bonds is 12. The molecule has 0 saturated heterocycles. The molecule has 3 amide bonds. The maximum atomic E-state index is 14.4. The van der Waals surface area contributed by atoms with Crippen LogP contribution in [0.5, 0.6) is 0 Å². The molecule has 260 valence electrons. The van der Waals surface area contributed by atoms with E-state index < -0.39 is 33.9 Å². The van der Waals surface area contributed by atoms with Crippen LogP contribution in [0.4, 0.5) is 0 Å². The van der Waals surface area contributed by atoms with Crippen molar-refractivity contribution in [1.82, 2.24) is 25.1 Å². The number of para-hydroxylation sites is 1. The normalized spacial score (nSPS) is 12.6. The third kappa shape index (κ3) is 8.08. The van der Waals surface area contributed by atoms with Crippen LogP contribution in [0.3, 0.4) is 0 Å². The van der Waals surface area contributed by atoms with Crippen molar-refractivity contribution in [2.24, 2.45) is 0 Å². The van der Waals surface area contributed by atoms with E-state index in [9.17, 15) is 22.8 Å². The number of benzene rings is 4. The van der Waals surface area contributed by atoms with Crippen molar-refractivity contribution in [3.05, 3.63) is 143 Å². The smallest absolute Gasteiger partial charge is 0.264 e. The fraction of sp³-hybridized carbons (Fsp3) is 0.179. The van der Waals surface area contributed by atoms with E-state index in [0.717, 1.165) is 33.2 Å². The lowest BCUT2D eigenvalue weighted by molar-refractivity contribution is -0.130. The van der Waals surface area contributed by atoms with Crippen LogP contribution in [0.2, 0.25) is 0 Å². The van der Waals surface area contributed by atoms with Crippen molar-refractivity contribution in [1.29, 1.82) is 0 Å². The Morgan fingerprint density at radius 1 is 0.843 bits per heavy atom. The molecule has 0 spiro atoms. The number of amides is 3. The predicted molar refractivity (Wildman–Crippen MR) is 193 cm³/mol. The minimum Gasteiger partial charge on any atom is -0.364 e. The molecule has 2 atom stereocenters. The van der Waals surface area contributed by atoms with Crippen molar-refractivity contribution < 1.29 is 27.3 Å². The molecular formula is C39H37N5O6S. The van der Waals surface area contributed by atoms with Crippen molar-refractivity contribution in [3.8, 4) is 11.3 Å². The fourth-order valence-corrected chi connectivity index (χ4v) is 7.15. The summed E-state index contributed by atoms with van der Waals surface area (Å²) in [5.41, 5.74) is 5.92. The molecule has 0 saturated carbocycles. The van der Waals surface area contributed by atoms with Crippen molar-refractivity contribution in [2.45, 2.75) is 43.7 Å². The topological polar surface area (TPSA) is 154 Å². The molecule has 0 bridgehead atoms. The standard InChI is InChI=1S/C39H37N5O6S/c1-25-19-26(2)21-29(20-25)39(47)44(3)36(22-27-13-15-28(16-14-27)33-17-18-50-42-33)38(46)41-35(23-30-24-40-34-12-8-7-11-32(30)34)37(45)43-51(48,49)31-9-5-4-6-10-31/h4-21,24,35-36,40H,22-23H2,1-3H3,(H,41,46)(H,43,45). The van der Waals surface area contributed by atoms with Crippen LogP contribution in [0.15, 0.2) is 125 Å². The Morgan fingerprint density at radius 3 is 2.22 bits per heavy atom. The second-order valence-corrected chi connectivity index (χ2v) is 14.2. The van der Waals surface area contributed by atoms with Gasteiger partial charge in [-0.2, -0.15) is 0 Å². The van der Waals surface area contributed by atoms with E-state index >= 15 is 0 Å². The van der Waals surface area contributed by atoms with Crippen LogP contribution in [0.1, 0.15) is 32.6 Å². The first-order chi connectivity index (χ1) is 24.5. The number of hydrogen-bond donors (Lipinski definition) is 3. The molecular weight excluding hydrogens is 667 g/mol. The van der Waals surface area contributed by atoms with Gasteiger partial charge in [-0.1, -0.05) is 83.0 Å². The Bertz CT molecular complexity index is 2260. The van der Waals surface area contributed by atoms with Crippen LogP contribution in [-0.2, 0) is 32.5 Å². The summed E-state index contributed by atoms with van der Waals surface area (Å²) in [6.07, 6.45) is 3.28. The largest absolute Gasteiger partial charge is 0.364 e. The number of carbonyl (C=O) groups is 3. The lowest BCUT2D eigenvalue weighted by Gasteiger charge is -2.29. The van der Waals surface area contributed by atoms with E-state index in [1.165, 1.54) is 23.3 Å². The Balaban J connectivity index is 1.33. The first kappa shape index (κ1) is 34.8. The van der Waals surface area contributed by atoms with Crippen molar-refractivity contribution in [2.75, 3.05) is 7.05 Å². The third-order valence-corrected chi connectivity index (χ3v) is 10.1. The molecule has 3 N–H and O–H groups in total. The van der Waals surface area contributed by atoms with E-state index in [1.54, 1.807) is 49.6 Å². The number of fused-ring (bicyclic) bond motifs is 1. The highest BCUT2D eigenvalue weighted by Crippen LogP contribution is 2.22. The van der Waals surface area contributed by atoms with Gasteiger partial charge in [0.2, 0.25) is 5.91 Å². The van der Waals surface area contributed by atoms with E-state index in [4.69, 9.17) is 4.52 Å². The zero-order valence-corrected chi connectivity index (χ0v) is 29.1. The summed E-state index contributed by atoms with van der Waals surface area (Å²) < 4.78 is 33.6. The monoisotopic (exact) mass is 703 g/mol. The zero-order valence-electron chi connectivity index (χ0n) is 28.3. The fourth-order valence-electron chi connectivity index (χ4n) is 6.10. The molecule has 2 unspecified atom stereocenters. The third-order valence-electron chi connectivity index (χ3n) is 8.70. The molecule has 0 aliphatic heterocycles. The molecule has 0 aliphatic carbocycles. The Labute approximate surface area is 295 Å². The van der Waals surface area contributed by atoms with Gasteiger partial charge >= 0.3 is 0 Å². The summed E-state index contributed by atoms with van der Waals surface area (Å²) in [5.74, 6) is -1.94. The van der Waals surface area contributed by atoms with Crippen LogP contribution in [-0.4, -0.2) is 60.3 Å². The number of aromatic amines is 1. The number of sulfonamides is 1. The molecule has 0 aliphatic rings. The molecule has 51 heavy (non-hydrogen) atoms. The number of aromatic nitrogens is 2. The zero-order chi connectivity index (χ0) is 36.1. The maximum absolute atomic E-state index is 14.4. The van der Waals surface area contributed by atoms with Crippen molar-refractivity contribution >= 4 is 38.6 Å². The molecule has 6 rings (SSSR count). The van der Waals surface area contributed by atoms with Gasteiger partial charge in [0.15, 0.2) is 0 Å². The van der Waals surface area contributed by atoms with Gasteiger partial charge < -0.3 is 19.7 Å². The highest BCUT2D eigenvalue weighted by molar-refractivity contribution is 7.90. The minimum absolute atomic E-state index is 0.0280. The van der Waals surface area contributed by atoms with Gasteiger partial charge in [0.1, 0.15) is 24.0 Å². The summed E-state index contributed by atoms with van der Waals surface area (Å²) in [6, 6.07) is 27.1. The first-order valence-electron chi connectivity index (χ1n) is 16.3. The van der Waals surface area contributed by atoms with Gasteiger partial charge in [0.25, 0.3) is 21.8 Å². The summed E-state index contributed by atoms with van der Waals surface area (Å²) >= 11 is 0. The van der Waals surface area contributed by atoms with E-state index in [0.29, 0.717) is 16.8 Å². The lowest BCUT2D eigenvalue weighted by atomic mass is 9.99. The Kier molecular flexibility index (Phi) is 10.1. The van der Waals surface area contributed by atoms with Crippen molar-refractivity contribution in [3.63, 3.8) is 0 Å². The highest BCUT2D eigenvalue weighted by Gasteiger charge is 2.33. The quantitative estimate of drug-likeness (QED) is 0.155. The van der Waals surface area contributed by atoms with Crippen LogP contribution in [0.25, 0.3) is 22.2 Å². The number of nitrogens with zero attached hydrogens (tertiary/aromatic N) is 2. The number of carbonyl (C=O) groups excluding carboxylic acids is 3. The van der Waals surface area contributed by atoms with E-state index in [-0.39, 0.29) is 23.6 Å². The highest BCUT2D eigenvalue weighted by atomic mass is 32.2. The molecule has 2 aromatic heterocycles. The van der Waals surface area contributed by atoms with E-state index in [2.05, 4.69) is 20.2 Å². The summed E-state index contributed by atoms with van der Waals surface area (Å²) in [7, 11) is -2.72. The van der Waals surface area contributed by atoms with Gasteiger partial charge in [0, 0.05) is 54.2 Å². The average molecular weight is 704 g/mol. The van der Waals surface area contributed by atoms with Gasteiger partial charge in [0.05, 0.1) is 4.90 Å². The molecule has 4 aromatic carbocycles. The Morgan fingerprint density at radius 2 is 1.53 bits per heavy atom. The SMILES string of the molecule is Cc1cc(C)cc(C(=O)N(C)C(Cc2ccc(-c3ccon3)cc2)C(=O)NC(Cc2c[nH]c3ccccc23)C(=O)NS(=O)(=O)c2ccccc2)c1. The molecule has 6 aromatic rings. The molecule has 0 fully saturated rings. The van der Waals surface area contributed by atoms with Gasteiger partial charge in [-0.05, 0) is 55.3 Å². The predicted octanol–water partition coefficient (Wildman–Crippen LogP) is 5.36. The first-order valence-corrected chi connectivity index (χ1v) is 17.8. The number of H-pyrrole nitrogens is 1. The minimum atomic E-state index is -4.26. The Hall–Kier alpha value is -6.01. The summed E-state index contributed by atoms with van der Waals surface area (Å²) in [5, 5.41) is 7.61. The molecule has 11 nitrogen and oxygen atoms in total. The second-order valence-electron chi connectivity index (χ2n) is 12.5. The lowest BCUT2D eigenvalue weighted by Crippen LogP contribution is -2.56.